The number of nitrogens with one attached hydrogen (secondary N) is 1. The van der Waals surface area contributed by atoms with Crippen LogP contribution in [0.2, 0.25) is 10.0 Å². The molecule has 3 aromatic rings. The maximum atomic E-state index is 14.0. The van der Waals surface area contributed by atoms with E-state index in [1.54, 1.807) is 18.2 Å². The van der Waals surface area contributed by atoms with E-state index in [4.69, 9.17) is 23.2 Å². The van der Waals surface area contributed by atoms with Gasteiger partial charge in [-0.25, -0.2) is 8.42 Å². The van der Waals surface area contributed by atoms with Gasteiger partial charge in [0.2, 0.25) is 11.8 Å². The quantitative estimate of drug-likeness (QED) is 0.288. The molecule has 0 aliphatic heterocycles. The molecule has 1 N–H and O–H groups in total. The number of carbonyl (C=O) groups is 2. The summed E-state index contributed by atoms with van der Waals surface area (Å²) in [6, 6.07) is 19.0. The first-order chi connectivity index (χ1) is 18.6. The predicted molar refractivity (Wildman–Crippen MR) is 157 cm³/mol. The summed E-state index contributed by atoms with van der Waals surface area (Å²) in [5.41, 5.74) is 2.02. The number of rotatable bonds is 12. The van der Waals surface area contributed by atoms with Crippen molar-refractivity contribution in [3.05, 3.63) is 94.0 Å². The molecule has 0 aromatic heterocycles. The van der Waals surface area contributed by atoms with Crippen LogP contribution in [-0.4, -0.2) is 44.3 Å². The molecule has 1 atom stereocenters. The van der Waals surface area contributed by atoms with Crippen LogP contribution in [0.1, 0.15) is 37.8 Å². The van der Waals surface area contributed by atoms with Gasteiger partial charge >= 0.3 is 0 Å². The van der Waals surface area contributed by atoms with Crippen molar-refractivity contribution >= 4 is 50.7 Å². The van der Waals surface area contributed by atoms with Crippen LogP contribution in [-0.2, 0) is 26.2 Å². The molecule has 39 heavy (non-hydrogen) atoms. The van der Waals surface area contributed by atoms with Crippen molar-refractivity contribution < 1.29 is 18.0 Å². The lowest BCUT2D eigenvalue weighted by molar-refractivity contribution is -0.140. The molecule has 0 aliphatic rings. The van der Waals surface area contributed by atoms with E-state index in [0.29, 0.717) is 13.0 Å². The summed E-state index contributed by atoms with van der Waals surface area (Å²) in [4.78, 5) is 28.6. The molecule has 208 valence electrons. The lowest BCUT2D eigenvalue weighted by Crippen LogP contribution is -2.52. The molecule has 0 aliphatic carbocycles. The largest absolute Gasteiger partial charge is 0.354 e. The number of hydrogen-bond acceptors (Lipinski definition) is 4. The highest BCUT2D eigenvalue weighted by Gasteiger charge is 2.33. The van der Waals surface area contributed by atoms with Crippen molar-refractivity contribution in [2.45, 2.75) is 51.1 Å². The lowest BCUT2D eigenvalue weighted by atomic mass is 10.1. The zero-order valence-corrected chi connectivity index (χ0v) is 24.6. The Balaban J connectivity index is 2.06. The predicted octanol–water partition coefficient (Wildman–Crippen LogP) is 5.83. The summed E-state index contributed by atoms with van der Waals surface area (Å²) in [5, 5.41) is 3.31. The molecule has 10 heteroatoms. The van der Waals surface area contributed by atoms with Crippen LogP contribution in [0.25, 0.3) is 0 Å². The Morgan fingerprint density at radius 1 is 0.923 bits per heavy atom. The lowest BCUT2D eigenvalue weighted by Gasteiger charge is -2.33. The van der Waals surface area contributed by atoms with Crippen LogP contribution in [0, 0.1) is 6.92 Å². The van der Waals surface area contributed by atoms with Crippen LogP contribution in [0.5, 0.6) is 0 Å². The Labute approximate surface area is 240 Å². The van der Waals surface area contributed by atoms with Crippen LogP contribution < -0.4 is 9.62 Å². The standard InChI is InChI=1S/C29H33Cl2N3O4S/c1-4-15-32-29(36)27(5-2)33(19-22-13-11-21(3)12-14-22)28(35)20-34(25-17-23(30)16-24(31)18-25)39(37,38)26-9-7-6-8-10-26/h6-14,16-18,27H,4-5,15,19-20H2,1-3H3,(H,32,36). The molecule has 0 heterocycles. The number of benzene rings is 3. The van der Waals surface area contributed by atoms with Crippen molar-refractivity contribution in [1.29, 1.82) is 0 Å². The number of amides is 2. The SMILES string of the molecule is CCCNC(=O)C(CC)N(Cc1ccc(C)cc1)C(=O)CN(c1cc(Cl)cc(Cl)c1)S(=O)(=O)c1ccccc1. The van der Waals surface area contributed by atoms with E-state index in [1.807, 2.05) is 45.0 Å². The van der Waals surface area contributed by atoms with Crippen LogP contribution in [0.15, 0.2) is 77.7 Å². The van der Waals surface area contributed by atoms with Crippen molar-refractivity contribution in [2.24, 2.45) is 0 Å². The minimum absolute atomic E-state index is 0.00622. The van der Waals surface area contributed by atoms with Gasteiger partial charge in [0.25, 0.3) is 10.0 Å². The Hall–Kier alpha value is -3.07. The highest BCUT2D eigenvalue weighted by molar-refractivity contribution is 7.92. The summed E-state index contributed by atoms with van der Waals surface area (Å²) >= 11 is 12.4. The maximum absolute atomic E-state index is 14.0. The van der Waals surface area contributed by atoms with Gasteiger partial charge in [0.15, 0.2) is 0 Å². The second-order valence-corrected chi connectivity index (χ2v) is 11.9. The third kappa shape index (κ3) is 7.97. The van der Waals surface area contributed by atoms with Crippen LogP contribution in [0.3, 0.4) is 0 Å². The van der Waals surface area contributed by atoms with Gasteiger partial charge in [-0.05, 0) is 55.7 Å². The minimum Gasteiger partial charge on any atom is -0.354 e. The number of halogens is 2. The number of carbonyl (C=O) groups excluding carboxylic acids is 2. The first-order valence-electron chi connectivity index (χ1n) is 12.7. The second-order valence-electron chi connectivity index (χ2n) is 9.17. The fraction of sp³-hybridized carbons (Fsp3) is 0.310. The van der Waals surface area contributed by atoms with Crippen LogP contribution >= 0.6 is 23.2 Å². The Bertz CT molecular complexity index is 1360. The zero-order valence-electron chi connectivity index (χ0n) is 22.2. The molecule has 1 unspecified atom stereocenters. The molecule has 0 saturated heterocycles. The van der Waals surface area contributed by atoms with Gasteiger partial charge in [0.05, 0.1) is 10.6 Å². The Kier molecular flexibility index (Phi) is 10.8. The fourth-order valence-electron chi connectivity index (χ4n) is 4.11. The molecular weight excluding hydrogens is 557 g/mol. The van der Waals surface area contributed by atoms with E-state index in [0.717, 1.165) is 21.9 Å². The van der Waals surface area contributed by atoms with Crippen molar-refractivity contribution in [1.82, 2.24) is 10.2 Å². The Morgan fingerprint density at radius 2 is 1.54 bits per heavy atom. The molecule has 0 radical (unpaired) electrons. The molecule has 3 rings (SSSR count). The smallest absolute Gasteiger partial charge is 0.264 e. The Morgan fingerprint density at radius 3 is 2.10 bits per heavy atom. The molecular formula is C29H33Cl2N3O4S. The third-order valence-corrected chi connectivity index (χ3v) is 8.38. The van der Waals surface area contributed by atoms with Crippen molar-refractivity contribution in [3.63, 3.8) is 0 Å². The molecule has 0 fully saturated rings. The van der Waals surface area contributed by atoms with Gasteiger partial charge in [-0.3, -0.25) is 13.9 Å². The van der Waals surface area contributed by atoms with Gasteiger partial charge in [0, 0.05) is 23.1 Å². The van der Waals surface area contributed by atoms with E-state index >= 15 is 0 Å². The number of hydrogen-bond donors (Lipinski definition) is 1. The van der Waals surface area contributed by atoms with Gasteiger partial charge in [-0.2, -0.15) is 0 Å². The third-order valence-electron chi connectivity index (χ3n) is 6.15. The zero-order chi connectivity index (χ0) is 28.6. The van der Waals surface area contributed by atoms with E-state index < -0.39 is 28.5 Å². The number of nitrogens with zero attached hydrogens (tertiary/aromatic N) is 2. The summed E-state index contributed by atoms with van der Waals surface area (Å²) < 4.78 is 28.6. The normalized spacial score (nSPS) is 12.0. The van der Waals surface area contributed by atoms with Crippen molar-refractivity contribution in [2.75, 3.05) is 17.4 Å². The van der Waals surface area contributed by atoms with Gasteiger partial charge in [-0.1, -0.05) is 85.1 Å². The van der Waals surface area contributed by atoms with E-state index in [-0.39, 0.29) is 33.1 Å². The summed E-state index contributed by atoms with van der Waals surface area (Å²) in [6.07, 6.45) is 1.09. The minimum atomic E-state index is -4.19. The molecule has 0 saturated carbocycles. The van der Waals surface area contributed by atoms with E-state index in [1.165, 1.54) is 35.2 Å². The van der Waals surface area contributed by atoms with Crippen LogP contribution in [0.4, 0.5) is 5.69 Å². The number of sulfonamides is 1. The molecule has 2 amide bonds. The molecule has 0 bridgehead atoms. The highest BCUT2D eigenvalue weighted by Crippen LogP contribution is 2.30. The van der Waals surface area contributed by atoms with E-state index in [2.05, 4.69) is 5.32 Å². The average molecular weight is 591 g/mol. The van der Waals surface area contributed by atoms with Gasteiger partial charge in [0.1, 0.15) is 12.6 Å². The topological polar surface area (TPSA) is 86.8 Å². The monoisotopic (exact) mass is 589 g/mol. The second kappa shape index (κ2) is 13.8. The summed E-state index contributed by atoms with van der Waals surface area (Å²) in [5.74, 6) is -0.826. The average Bonchev–Trinajstić information content (AvgIpc) is 2.91. The maximum Gasteiger partial charge on any atom is 0.264 e. The summed E-state index contributed by atoms with van der Waals surface area (Å²) in [6.45, 7) is 5.77. The fourth-order valence-corrected chi connectivity index (χ4v) is 6.04. The van der Waals surface area contributed by atoms with Crippen molar-refractivity contribution in [3.8, 4) is 0 Å². The molecule has 0 spiro atoms. The number of anilines is 1. The molecule has 7 nitrogen and oxygen atoms in total. The summed E-state index contributed by atoms with van der Waals surface area (Å²) in [7, 11) is -4.19. The molecule has 3 aromatic carbocycles. The van der Waals surface area contributed by atoms with Gasteiger partial charge in [-0.15, -0.1) is 0 Å². The number of aryl methyl sites for hydroxylation is 1. The van der Waals surface area contributed by atoms with Gasteiger partial charge < -0.3 is 10.2 Å². The highest BCUT2D eigenvalue weighted by atomic mass is 35.5. The first kappa shape index (κ1) is 30.5. The van der Waals surface area contributed by atoms with E-state index in [9.17, 15) is 18.0 Å². The first-order valence-corrected chi connectivity index (χ1v) is 14.9.